The van der Waals surface area contributed by atoms with Gasteiger partial charge in [0.15, 0.2) is 0 Å². The molecule has 0 saturated carbocycles. The first-order valence-electron chi connectivity index (χ1n) is 9.78. The lowest BCUT2D eigenvalue weighted by Crippen LogP contribution is -2.41. The molecule has 184 valence electrons. The summed E-state index contributed by atoms with van der Waals surface area (Å²) in [5.74, 6) is 0.800. The first-order valence-corrected chi connectivity index (χ1v) is 11.1. The zero-order chi connectivity index (χ0) is 25.5. The molecule has 0 aliphatic rings. The smallest absolute Gasteiger partial charge is 0.243 e. The second-order valence-electron chi connectivity index (χ2n) is 9.46. The van der Waals surface area contributed by atoms with Gasteiger partial charge in [0.05, 0.1) is 55.4 Å². The van der Waals surface area contributed by atoms with Crippen molar-refractivity contribution in [1.29, 1.82) is 0 Å². The topological polar surface area (TPSA) is 138 Å². The summed E-state index contributed by atoms with van der Waals surface area (Å²) >= 11 is 0. The largest absolute Gasteiger partial charge is 0.759 e. The molecular weight excluding hydrogens is 424 g/mol. The van der Waals surface area contributed by atoms with Crippen LogP contribution in [0.25, 0.3) is 0 Å². The van der Waals surface area contributed by atoms with Crippen LogP contribution in [-0.2, 0) is 20.0 Å². The van der Waals surface area contributed by atoms with E-state index in [0.717, 1.165) is 35.1 Å². The maximum Gasteiger partial charge on any atom is 0.243 e. The van der Waals surface area contributed by atoms with Crippen LogP contribution < -0.4 is 10.6 Å². The van der Waals surface area contributed by atoms with Crippen LogP contribution in [-0.4, -0.2) is 107 Å². The number of carbonyl (C=O) groups is 2. The van der Waals surface area contributed by atoms with Gasteiger partial charge in [0.2, 0.25) is 11.8 Å². The molecular formula is C20H42N4O6S. The fourth-order valence-electron chi connectivity index (χ4n) is 2.69. The molecule has 0 aliphatic heterocycles. The van der Waals surface area contributed by atoms with Crippen molar-refractivity contribution in [2.24, 2.45) is 11.8 Å². The summed E-state index contributed by atoms with van der Waals surface area (Å²) in [5.41, 5.74) is 0. The molecule has 0 aromatic rings. The molecule has 10 nitrogen and oxygen atoms in total. The number of amides is 2. The lowest BCUT2D eigenvalue weighted by atomic mass is 10.1. The Balaban J connectivity index is -0.000000416. The molecule has 31 heavy (non-hydrogen) atoms. The second-order valence-corrected chi connectivity index (χ2v) is 10.3. The molecule has 2 amide bonds. The number of carbonyl (C=O) groups excluding carboxylic acids is 2. The van der Waals surface area contributed by atoms with Gasteiger partial charge < -0.3 is 28.7 Å². The first-order chi connectivity index (χ1) is 13.7. The second kappa shape index (κ2) is 15.9. The Kier molecular flexibility index (Phi) is 17.4. The molecule has 0 aromatic heterocycles. The van der Waals surface area contributed by atoms with E-state index in [1.54, 1.807) is 0 Å². The number of hydrogen-bond donors (Lipinski definition) is 2. The molecule has 0 aromatic carbocycles. The number of nitrogens with one attached hydrogen (secondary N) is 2. The van der Waals surface area contributed by atoms with E-state index in [2.05, 4.69) is 79.9 Å². The Hall–Kier alpha value is -1.79. The van der Waals surface area contributed by atoms with E-state index in [4.69, 9.17) is 17.5 Å². The van der Waals surface area contributed by atoms with Crippen molar-refractivity contribution in [3.05, 3.63) is 25.3 Å². The zero-order valence-electron chi connectivity index (χ0n) is 20.3. The molecule has 0 spiro atoms. The van der Waals surface area contributed by atoms with Gasteiger partial charge in [0.25, 0.3) is 0 Å². The number of quaternary nitrogens is 2. The third-order valence-corrected chi connectivity index (χ3v) is 3.34. The van der Waals surface area contributed by atoms with Gasteiger partial charge in [-0.1, -0.05) is 27.0 Å². The van der Waals surface area contributed by atoms with Gasteiger partial charge >= 0.3 is 0 Å². The van der Waals surface area contributed by atoms with Crippen LogP contribution in [0.4, 0.5) is 0 Å². The van der Waals surface area contributed by atoms with E-state index in [0.29, 0.717) is 11.8 Å². The molecule has 0 bridgehead atoms. The quantitative estimate of drug-likeness (QED) is 0.200. The Morgan fingerprint density at radius 2 is 1.03 bits per heavy atom. The summed E-state index contributed by atoms with van der Waals surface area (Å²) in [5, 5.41) is 5.58. The number of hydrogen-bond acceptors (Lipinski definition) is 6. The third-order valence-electron chi connectivity index (χ3n) is 3.34. The van der Waals surface area contributed by atoms with Crippen molar-refractivity contribution in [3.63, 3.8) is 0 Å². The first kappa shape index (κ1) is 33.8. The average molecular weight is 467 g/mol. The predicted molar refractivity (Wildman–Crippen MR) is 121 cm³/mol. The SMILES string of the molecule is C=CC(=O)NCC(C)C[N+](C)(C)C.C=CC(=O)NCC(C)C[N+](C)(C)C.O=S(=O)([O-])[O-]. The summed E-state index contributed by atoms with van der Waals surface area (Å²) in [6.45, 7) is 14.6. The number of rotatable bonds is 10. The molecule has 2 unspecified atom stereocenters. The Bertz CT molecular complexity index is 602. The minimum Gasteiger partial charge on any atom is -0.759 e. The van der Waals surface area contributed by atoms with Crippen molar-refractivity contribution in [2.45, 2.75) is 13.8 Å². The third kappa shape index (κ3) is 39.3. The monoisotopic (exact) mass is 466 g/mol. The standard InChI is InChI=1S/2C10H20N2O.H2O4S/c2*1-6-10(13)11-7-9(2)8-12(3,4)5;1-5(2,3)4/h2*6,9H,1,7-8H2,2-5H3;(H2,1,2,3,4). The molecule has 0 radical (unpaired) electrons. The summed E-state index contributed by atoms with van der Waals surface area (Å²) in [6.07, 6.45) is 2.61. The Morgan fingerprint density at radius 3 is 1.19 bits per heavy atom. The summed E-state index contributed by atoms with van der Waals surface area (Å²) in [7, 11) is 7.70. The fraction of sp³-hybridized carbons (Fsp3) is 0.700. The van der Waals surface area contributed by atoms with E-state index in [9.17, 15) is 9.59 Å². The minimum absolute atomic E-state index is 0.0896. The van der Waals surface area contributed by atoms with Crippen LogP contribution in [0.3, 0.4) is 0 Å². The molecule has 0 rings (SSSR count). The van der Waals surface area contributed by atoms with Crippen molar-refractivity contribution in [2.75, 3.05) is 68.5 Å². The van der Waals surface area contributed by atoms with Crippen LogP contribution in [0.1, 0.15) is 13.8 Å². The highest BCUT2D eigenvalue weighted by atomic mass is 32.3. The average Bonchev–Trinajstić information content (AvgIpc) is 2.53. The highest BCUT2D eigenvalue weighted by Gasteiger charge is 2.14. The van der Waals surface area contributed by atoms with Gasteiger partial charge in [-0.2, -0.15) is 0 Å². The van der Waals surface area contributed by atoms with Gasteiger partial charge in [0.1, 0.15) is 0 Å². The van der Waals surface area contributed by atoms with Crippen LogP contribution in [0.2, 0.25) is 0 Å². The van der Waals surface area contributed by atoms with Gasteiger partial charge in [0, 0.05) is 35.3 Å². The van der Waals surface area contributed by atoms with Crippen molar-refractivity contribution in [3.8, 4) is 0 Å². The van der Waals surface area contributed by atoms with E-state index in [-0.39, 0.29) is 11.8 Å². The van der Waals surface area contributed by atoms with Crippen molar-refractivity contribution in [1.82, 2.24) is 10.6 Å². The van der Waals surface area contributed by atoms with Crippen molar-refractivity contribution >= 4 is 22.2 Å². The van der Waals surface area contributed by atoms with Crippen LogP contribution >= 0.6 is 0 Å². The molecule has 0 aliphatic carbocycles. The highest BCUT2D eigenvalue weighted by Crippen LogP contribution is 2.01. The van der Waals surface area contributed by atoms with Crippen LogP contribution in [0.5, 0.6) is 0 Å². The van der Waals surface area contributed by atoms with Gasteiger partial charge in [-0.25, -0.2) is 0 Å². The molecule has 2 atom stereocenters. The Morgan fingerprint density at radius 1 is 0.806 bits per heavy atom. The summed E-state index contributed by atoms with van der Waals surface area (Å²) < 4.78 is 35.9. The highest BCUT2D eigenvalue weighted by molar-refractivity contribution is 7.79. The molecule has 2 N–H and O–H groups in total. The van der Waals surface area contributed by atoms with Gasteiger partial charge in [-0.05, 0) is 12.2 Å². The van der Waals surface area contributed by atoms with Gasteiger partial charge in [-0.3, -0.25) is 18.0 Å². The lowest BCUT2D eigenvalue weighted by molar-refractivity contribution is -0.873. The van der Waals surface area contributed by atoms with Gasteiger partial charge in [-0.15, -0.1) is 0 Å². The fourth-order valence-corrected chi connectivity index (χ4v) is 2.69. The maximum atomic E-state index is 10.8. The van der Waals surface area contributed by atoms with E-state index < -0.39 is 10.4 Å². The Labute approximate surface area is 188 Å². The van der Waals surface area contributed by atoms with E-state index in [1.165, 1.54) is 12.2 Å². The van der Waals surface area contributed by atoms with Crippen LogP contribution in [0.15, 0.2) is 25.3 Å². The van der Waals surface area contributed by atoms with Crippen molar-refractivity contribution < 1.29 is 36.1 Å². The molecule has 0 heterocycles. The molecule has 0 saturated heterocycles. The van der Waals surface area contributed by atoms with E-state index in [1.807, 2.05) is 0 Å². The van der Waals surface area contributed by atoms with E-state index >= 15 is 0 Å². The predicted octanol–water partition coefficient (Wildman–Crippen LogP) is -0.0762. The summed E-state index contributed by atoms with van der Waals surface area (Å²) in [4.78, 5) is 21.7. The van der Waals surface area contributed by atoms with Crippen LogP contribution in [0, 0.1) is 11.8 Å². The molecule has 0 fully saturated rings. The zero-order valence-corrected chi connectivity index (χ0v) is 21.1. The minimum atomic E-state index is -5.17. The summed E-state index contributed by atoms with van der Waals surface area (Å²) in [6, 6.07) is 0. The normalized spacial score (nSPS) is 13.2. The number of nitrogens with zero attached hydrogens (tertiary/aromatic N) is 2. The maximum absolute atomic E-state index is 10.8. The molecule has 11 heteroatoms. The lowest BCUT2D eigenvalue weighted by Gasteiger charge is -2.27.